The first kappa shape index (κ1) is 23.1. The zero-order chi connectivity index (χ0) is 23.4. The van der Waals surface area contributed by atoms with E-state index in [-0.39, 0.29) is 5.75 Å². The minimum atomic E-state index is -3.78. The number of aromatic amines is 1. The van der Waals surface area contributed by atoms with E-state index >= 15 is 0 Å². The Morgan fingerprint density at radius 1 is 1.15 bits per heavy atom. The molecule has 0 unspecified atom stereocenters. The molecule has 2 heterocycles. The van der Waals surface area contributed by atoms with Gasteiger partial charge in [-0.25, -0.2) is 4.98 Å². The van der Waals surface area contributed by atoms with Crippen LogP contribution in [0.5, 0.6) is 17.2 Å². The maximum absolute atomic E-state index is 12.9. The Hall–Kier alpha value is -3.04. The van der Waals surface area contributed by atoms with Crippen LogP contribution < -0.4 is 14.2 Å². The molecule has 0 spiro atoms. The SMILES string of the molecule is COc1c(OCc2ccccc2)cnc(CSc2nc3cc(OC(F)(F)Cl)ccc3[nH]2)c1C. The summed E-state index contributed by atoms with van der Waals surface area (Å²) in [6.07, 6.45) is 1.65. The van der Waals surface area contributed by atoms with Crippen LogP contribution >= 0.6 is 23.4 Å². The van der Waals surface area contributed by atoms with Crippen molar-refractivity contribution in [1.29, 1.82) is 0 Å². The monoisotopic (exact) mass is 491 g/mol. The number of fused-ring (bicyclic) bond motifs is 1. The number of thioether (sulfide) groups is 1. The number of H-pyrrole nitrogens is 1. The number of rotatable bonds is 9. The van der Waals surface area contributed by atoms with E-state index in [1.807, 2.05) is 37.3 Å². The van der Waals surface area contributed by atoms with E-state index in [1.165, 1.54) is 23.9 Å². The summed E-state index contributed by atoms with van der Waals surface area (Å²) in [6.45, 7) is 2.33. The van der Waals surface area contributed by atoms with Crippen molar-refractivity contribution in [3.8, 4) is 17.2 Å². The molecule has 4 rings (SSSR count). The number of ether oxygens (including phenoxy) is 3. The summed E-state index contributed by atoms with van der Waals surface area (Å²) in [4.78, 5) is 12.1. The van der Waals surface area contributed by atoms with Gasteiger partial charge in [-0.05, 0) is 24.6 Å². The van der Waals surface area contributed by atoms with Crippen LogP contribution in [0.3, 0.4) is 0 Å². The third-order valence-corrected chi connectivity index (χ3v) is 5.75. The molecular formula is C23H20ClF2N3O3S. The Labute approximate surface area is 198 Å². The molecule has 10 heteroatoms. The molecule has 0 atom stereocenters. The molecule has 2 aromatic carbocycles. The Balaban J connectivity index is 1.46. The lowest BCUT2D eigenvalue weighted by Crippen LogP contribution is -2.15. The number of methoxy groups -OCH3 is 1. The Bertz CT molecular complexity index is 1250. The van der Waals surface area contributed by atoms with Gasteiger partial charge in [0.1, 0.15) is 12.4 Å². The topological polar surface area (TPSA) is 69.3 Å². The number of halogens is 3. The normalized spacial score (nSPS) is 11.5. The molecule has 33 heavy (non-hydrogen) atoms. The maximum atomic E-state index is 12.9. The van der Waals surface area contributed by atoms with E-state index in [0.29, 0.717) is 40.0 Å². The largest absolute Gasteiger partial charge is 0.492 e. The summed E-state index contributed by atoms with van der Waals surface area (Å²) in [5.41, 5.74) is 0.130. The van der Waals surface area contributed by atoms with Gasteiger partial charge in [0, 0.05) is 29.0 Å². The summed E-state index contributed by atoms with van der Waals surface area (Å²) in [5.74, 6) is 1.65. The highest BCUT2D eigenvalue weighted by Gasteiger charge is 2.27. The number of benzene rings is 2. The molecular weight excluding hydrogens is 472 g/mol. The molecule has 0 aliphatic carbocycles. The smallest absolute Gasteiger partial charge is 0.487 e. The van der Waals surface area contributed by atoms with Crippen LogP contribution in [0.1, 0.15) is 16.8 Å². The van der Waals surface area contributed by atoms with Gasteiger partial charge in [0.25, 0.3) is 0 Å². The van der Waals surface area contributed by atoms with Gasteiger partial charge < -0.3 is 19.2 Å². The highest BCUT2D eigenvalue weighted by molar-refractivity contribution is 7.98. The molecule has 0 aliphatic heterocycles. The predicted octanol–water partition coefficient (Wildman–Crippen LogP) is 6.31. The number of hydrogen-bond acceptors (Lipinski definition) is 6. The van der Waals surface area contributed by atoms with Crippen molar-refractivity contribution in [2.45, 2.75) is 30.0 Å². The minimum Gasteiger partial charge on any atom is -0.492 e. The standard InChI is InChI=1S/C23H20ClF2N3O3S/c1-14-19(27-11-20(21(14)30-2)31-12-15-6-4-3-5-7-15)13-33-22-28-17-9-8-16(10-18(17)29-22)32-23(24,25)26/h3-11H,12-13H2,1-2H3,(H,28,29). The number of hydrogen-bond donors (Lipinski definition) is 1. The molecule has 0 saturated carbocycles. The fourth-order valence-electron chi connectivity index (χ4n) is 3.21. The van der Waals surface area contributed by atoms with Crippen molar-refractivity contribution in [3.05, 3.63) is 71.5 Å². The van der Waals surface area contributed by atoms with Crippen LogP contribution in [-0.2, 0) is 12.4 Å². The second-order valence-corrected chi connectivity index (χ2v) is 8.46. The molecule has 0 radical (unpaired) electrons. The number of nitrogens with one attached hydrogen (secondary N) is 1. The molecule has 0 bridgehead atoms. The van der Waals surface area contributed by atoms with Gasteiger partial charge in [-0.1, -0.05) is 42.1 Å². The average Bonchev–Trinajstić information content (AvgIpc) is 3.18. The maximum Gasteiger partial charge on any atom is 0.487 e. The van der Waals surface area contributed by atoms with Gasteiger partial charge in [-0.3, -0.25) is 4.98 Å². The van der Waals surface area contributed by atoms with E-state index in [4.69, 9.17) is 21.1 Å². The number of imidazole rings is 1. The number of nitrogens with zero attached hydrogens (tertiary/aromatic N) is 2. The van der Waals surface area contributed by atoms with E-state index in [1.54, 1.807) is 19.4 Å². The summed E-state index contributed by atoms with van der Waals surface area (Å²) < 4.78 is 41.6. The second-order valence-electron chi connectivity index (χ2n) is 7.06. The van der Waals surface area contributed by atoms with Crippen molar-refractivity contribution in [1.82, 2.24) is 15.0 Å². The third kappa shape index (κ3) is 5.85. The van der Waals surface area contributed by atoms with Crippen LogP contribution in [0.2, 0.25) is 0 Å². The number of alkyl halides is 3. The van der Waals surface area contributed by atoms with E-state index in [0.717, 1.165) is 16.8 Å². The van der Waals surface area contributed by atoms with E-state index in [2.05, 4.69) is 19.7 Å². The van der Waals surface area contributed by atoms with Gasteiger partial charge in [-0.15, -0.1) is 8.78 Å². The van der Waals surface area contributed by atoms with Crippen molar-refractivity contribution in [2.24, 2.45) is 0 Å². The van der Waals surface area contributed by atoms with E-state index < -0.39 is 5.57 Å². The highest BCUT2D eigenvalue weighted by atomic mass is 35.5. The van der Waals surface area contributed by atoms with Crippen LogP contribution in [0.15, 0.2) is 59.9 Å². The van der Waals surface area contributed by atoms with Gasteiger partial charge in [0.05, 0.1) is 30.0 Å². The third-order valence-electron chi connectivity index (χ3n) is 4.79. The summed E-state index contributed by atoms with van der Waals surface area (Å²) in [5, 5.41) is 0.615. The first-order valence-corrected chi connectivity index (χ1v) is 11.3. The summed E-state index contributed by atoms with van der Waals surface area (Å²) >= 11 is 6.26. The van der Waals surface area contributed by atoms with Crippen molar-refractivity contribution in [2.75, 3.05) is 7.11 Å². The zero-order valence-corrected chi connectivity index (χ0v) is 19.3. The molecule has 6 nitrogen and oxygen atoms in total. The average molecular weight is 492 g/mol. The van der Waals surface area contributed by atoms with Crippen molar-refractivity contribution >= 4 is 34.4 Å². The minimum absolute atomic E-state index is 0.0705. The lowest BCUT2D eigenvalue weighted by atomic mass is 10.2. The second kappa shape index (κ2) is 9.84. The zero-order valence-electron chi connectivity index (χ0n) is 17.8. The quantitative estimate of drug-likeness (QED) is 0.218. The highest BCUT2D eigenvalue weighted by Crippen LogP contribution is 2.35. The molecule has 0 aliphatic rings. The number of pyridine rings is 1. The van der Waals surface area contributed by atoms with Crippen LogP contribution in [-0.4, -0.2) is 27.6 Å². The fraction of sp³-hybridized carbons (Fsp3) is 0.217. The molecule has 0 fully saturated rings. The Morgan fingerprint density at radius 3 is 2.67 bits per heavy atom. The lowest BCUT2D eigenvalue weighted by molar-refractivity contribution is -0.0964. The van der Waals surface area contributed by atoms with Crippen LogP contribution in [0.25, 0.3) is 11.0 Å². The van der Waals surface area contributed by atoms with Crippen molar-refractivity contribution < 1.29 is 23.0 Å². The first-order chi connectivity index (χ1) is 15.8. The van der Waals surface area contributed by atoms with Crippen LogP contribution in [0.4, 0.5) is 8.78 Å². The fourth-order valence-corrected chi connectivity index (χ4v) is 4.21. The van der Waals surface area contributed by atoms with Gasteiger partial charge in [0.15, 0.2) is 16.7 Å². The predicted molar refractivity (Wildman–Crippen MR) is 123 cm³/mol. The lowest BCUT2D eigenvalue weighted by Gasteiger charge is -2.15. The Morgan fingerprint density at radius 2 is 1.94 bits per heavy atom. The molecule has 4 aromatic rings. The summed E-state index contributed by atoms with van der Waals surface area (Å²) in [7, 11) is 1.60. The van der Waals surface area contributed by atoms with Gasteiger partial charge in [0.2, 0.25) is 0 Å². The molecule has 172 valence electrons. The van der Waals surface area contributed by atoms with Gasteiger partial charge in [-0.2, -0.15) is 0 Å². The van der Waals surface area contributed by atoms with Crippen molar-refractivity contribution in [3.63, 3.8) is 0 Å². The van der Waals surface area contributed by atoms with Gasteiger partial charge >= 0.3 is 5.57 Å². The number of aromatic nitrogens is 3. The Kier molecular flexibility index (Phi) is 6.90. The molecule has 0 saturated heterocycles. The molecule has 2 aromatic heterocycles. The van der Waals surface area contributed by atoms with E-state index in [9.17, 15) is 8.78 Å². The molecule has 1 N–H and O–H groups in total. The van der Waals surface area contributed by atoms with Crippen LogP contribution in [0, 0.1) is 6.92 Å². The molecule has 0 amide bonds. The summed E-state index contributed by atoms with van der Waals surface area (Å²) in [6, 6.07) is 14.2. The first-order valence-electron chi connectivity index (χ1n) is 9.90.